The minimum absolute atomic E-state index is 0.570. The van der Waals surface area contributed by atoms with Crippen LogP contribution in [0.4, 0.5) is 0 Å². The molecule has 0 aliphatic heterocycles. The van der Waals surface area contributed by atoms with Crippen LogP contribution in [-0.4, -0.2) is 13.1 Å². The van der Waals surface area contributed by atoms with Gasteiger partial charge in [-0.3, -0.25) is 0 Å². The average molecular weight is 241 g/mol. The lowest BCUT2D eigenvalue weighted by molar-refractivity contribution is 0.221. The maximum Gasteiger partial charge on any atom is 0.000760 e. The van der Waals surface area contributed by atoms with E-state index in [0.29, 0.717) is 5.41 Å². The predicted octanol–water partition coefficient (Wildman–Crippen LogP) is 5.15. The molecule has 1 nitrogen and oxygen atoms in total. The van der Waals surface area contributed by atoms with Crippen molar-refractivity contribution in [3.8, 4) is 0 Å². The van der Waals surface area contributed by atoms with Gasteiger partial charge in [-0.15, -0.1) is 0 Å². The Morgan fingerprint density at radius 2 is 1.41 bits per heavy atom. The molecule has 0 unspecified atom stereocenters. The van der Waals surface area contributed by atoms with Crippen molar-refractivity contribution >= 4 is 0 Å². The lowest BCUT2D eigenvalue weighted by Crippen LogP contribution is -2.34. The summed E-state index contributed by atoms with van der Waals surface area (Å²) in [6.07, 6.45) is 12.2. The van der Waals surface area contributed by atoms with Gasteiger partial charge >= 0.3 is 0 Å². The van der Waals surface area contributed by atoms with E-state index >= 15 is 0 Å². The van der Waals surface area contributed by atoms with Crippen molar-refractivity contribution in [2.24, 2.45) is 5.41 Å². The molecule has 0 heterocycles. The molecule has 0 saturated carbocycles. The third-order valence-corrected chi connectivity index (χ3v) is 4.27. The summed E-state index contributed by atoms with van der Waals surface area (Å²) >= 11 is 0. The minimum Gasteiger partial charge on any atom is -0.316 e. The smallest absolute Gasteiger partial charge is 0.000760 e. The first-order valence-electron chi connectivity index (χ1n) is 7.95. The van der Waals surface area contributed by atoms with Crippen LogP contribution in [0.3, 0.4) is 0 Å². The van der Waals surface area contributed by atoms with Crippen LogP contribution in [0.5, 0.6) is 0 Å². The topological polar surface area (TPSA) is 12.0 Å². The van der Waals surface area contributed by atoms with Crippen molar-refractivity contribution < 1.29 is 0 Å². The van der Waals surface area contributed by atoms with Gasteiger partial charge in [0.2, 0.25) is 0 Å². The summed E-state index contributed by atoms with van der Waals surface area (Å²) in [7, 11) is 0. The van der Waals surface area contributed by atoms with Crippen LogP contribution >= 0.6 is 0 Å². The molecule has 17 heavy (non-hydrogen) atoms. The summed E-state index contributed by atoms with van der Waals surface area (Å²) in [6.45, 7) is 11.7. The lowest BCUT2D eigenvalue weighted by Gasteiger charge is -2.32. The number of unbranched alkanes of at least 4 members (excludes halogenated alkanes) is 4. The molecule has 104 valence electrons. The first kappa shape index (κ1) is 17.0. The zero-order chi connectivity index (χ0) is 13.0. The van der Waals surface area contributed by atoms with Crippen molar-refractivity contribution in [1.82, 2.24) is 5.32 Å². The molecular weight excluding hydrogens is 206 g/mol. The quantitative estimate of drug-likeness (QED) is 0.466. The van der Waals surface area contributed by atoms with Crippen LogP contribution in [0.1, 0.15) is 85.5 Å². The highest BCUT2D eigenvalue weighted by molar-refractivity contribution is 4.78. The standard InChI is InChI=1S/C16H35N/c1-5-9-11-12-14-17-15-16(7-3,8-4)13-10-6-2/h17H,5-15H2,1-4H3. The van der Waals surface area contributed by atoms with Gasteiger partial charge in [-0.25, -0.2) is 0 Å². The molecule has 0 fully saturated rings. The van der Waals surface area contributed by atoms with Crippen molar-refractivity contribution in [3.63, 3.8) is 0 Å². The zero-order valence-corrected chi connectivity index (χ0v) is 12.8. The van der Waals surface area contributed by atoms with Crippen molar-refractivity contribution in [1.29, 1.82) is 0 Å². The van der Waals surface area contributed by atoms with E-state index in [2.05, 4.69) is 33.0 Å². The molecule has 0 spiro atoms. The Kier molecular flexibility index (Phi) is 11.0. The summed E-state index contributed by atoms with van der Waals surface area (Å²) in [5.74, 6) is 0. The van der Waals surface area contributed by atoms with Crippen LogP contribution in [0.25, 0.3) is 0 Å². The van der Waals surface area contributed by atoms with Crippen molar-refractivity contribution in [2.75, 3.05) is 13.1 Å². The van der Waals surface area contributed by atoms with Gasteiger partial charge in [0.15, 0.2) is 0 Å². The highest BCUT2D eigenvalue weighted by atomic mass is 14.9. The maximum atomic E-state index is 3.70. The molecule has 0 bridgehead atoms. The highest BCUT2D eigenvalue weighted by Crippen LogP contribution is 2.31. The molecule has 0 aromatic carbocycles. The highest BCUT2D eigenvalue weighted by Gasteiger charge is 2.24. The second-order valence-corrected chi connectivity index (χ2v) is 5.55. The number of hydrogen-bond donors (Lipinski definition) is 1. The second kappa shape index (κ2) is 11.1. The van der Waals surface area contributed by atoms with Gasteiger partial charge in [0.25, 0.3) is 0 Å². The summed E-state index contributed by atoms with van der Waals surface area (Å²) < 4.78 is 0. The Labute approximate surface area is 110 Å². The molecule has 0 aliphatic carbocycles. The maximum absolute atomic E-state index is 3.70. The summed E-state index contributed by atoms with van der Waals surface area (Å²) in [4.78, 5) is 0. The molecule has 0 rings (SSSR count). The Morgan fingerprint density at radius 1 is 0.765 bits per heavy atom. The summed E-state index contributed by atoms with van der Waals surface area (Å²) in [5.41, 5.74) is 0.570. The lowest BCUT2D eigenvalue weighted by atomic mass is 9.78. The fourth-order valence-corrected chi connectivity index (χ4v) is 2.52. The fraction of sp³-hybridized carbons (Fsp3) is 1.00. The van der Waals surface area contributed by atoms with Crippen molar-refractivity contribution in [3.05, 3.63) is 0 Å². The molecule has 1 N–H and O–H groups in total. The second-order valence-electron chi connectivity index (χ2n) is 5.55. The Balaban J connectivity index is 3.75. The third-order valence-electron chi connectivity index (χ3n) is 4.27. The fourth-order valence-electron chi connectivity index (χ4n) is 2.52. The Hall–Kier alpha value is -0.0400. The van der Waals surface area contributed by atoms with E-state index in [-0.39, 0.29) is 0 Å². The molecule has 0 aromatic rings. The molecular formula is C16H35N. The van der Waals surface area contributed by atoms with E-state index in [0.717, 1.165) is 0 Å². The SMILES string of the molecule is CCCCCCNCC(CC)(CC)CCCC. The molecule has 0 aromatic heterocycles. The van der Waals surface area contributed by atoms with Gasteiger partial charge in [-0.2, -0.15) is 0 Å². The van der Waals surface area contributed by atoms with Crippen LogP contribution in [0.2, 0.25) is 0 Å². The van der Waals surface area contributed by atoms with Gasteiger partial charge in [-0.1, -0.05) is 59.8 Å². The van der Waals surface area contributed by atoms with E-state index in [1.165, 1.54) is 70.9 Å². The van der Waals surface area contributed by atoms with E-state index < -0.39 is 0 Å². The summed E-state index contributed by atoms with van der Waals surface area (Å²) in [6, 6.07) is 0. The van der Waals surface area contributed by atoms with E-state index in [4.69, 9.17) is 0 Å². The summed E-state index contributed by atoms with van der Waals surface area (Å²) in [5, 5.41) is 3.70. The molecule has 0 saturated heterocycles. The van der Waals surface area contributed by atoms with E-state index in [1.807, 2.05) is 0 Å². The first-order chi connectivity index (χ1) is 8.24. The van der Waals surface area contributed by atoms with Crippen LogP contribution in [-0.2, 0) is 0 Å². The predicted molar refractivity (Wildman–Crippen MR) is 79.6 cm³/mol. The normalized spacial score (nSPS) is 12.0. The first-order valence-corrected chi connectivity index (χ1v) is 7.95. The Morgan fingerprint density at radius 3 is 1.94 bits per heavy atom. The van der Waals surface area contributed by atoms with Gasteiger partial charge in [0.05, 0.1) is 0 Å². The molecule has 0 aliphatic rings. The molecule has 0 radical (unpaired) electrons. The van der Waals surface area contributed by atoms with E-state index in [9.17, 15) is 0 Å². The van der Waals surface area contributed by atoms with Gasteiger partial charge in [0.1, 0.15) is 0 Å². The monoisotopic (exact) mass is 241 g/mol. The van der Waals surface area contributed by atoms with Crippen LogP contribution in [0.15, 0.2) is 0 Å². The zero-order valence-electron chi connectivity index (χ0n) is 12.8. The van der Waals surface area contributed by atoms with Crippen LogP contribution in [0, 0.1) is 5.41 Å². The third kappa shape index (κ3) is 7.81. The molecule has 0 atom stereocenters. The minimum atomic E-state index is 0.570. The van der Waals surface area contributed by atoms with E-state index in [1.54, 1.807) is 0 Å². The van der Waals surface area contributed by atoms with Crippen molar-refractivity contribution in [2.45, 2.75) is 85.5 Å². The molecule has 0 amide bonds. The van der Waals surface area contributed by atoms with Crippen LogP contribution < -0.4 is 5.32 Å². The average Bonchev–Trinajstić information content (AvgIpc) is 2.38. The van der Waals surface area contributed by atoms with Gasteiger partial charge in [-0.05, 0) is 37.6 Å². The Bertz CT molecular complexity index is 150. The molecule has 1 heteroatoms. The number of hydrogen-bond acceptors (Lipinski definition) is 1. The number of rotatable bonds is 12. The van der Waals surface area contributed by atoms with Gasteiger partial charge in [0, 0.05) is 6.54 Å². The van der Waals surface area contributed by atoms with Gasteiger partial charge < -0.3 is 5.32 Å². The largest absolute Gasteiger partial charge is 0.316 e. The number of nitrogens with one attached hydrogen (secondary N) is 1.